The Hall–Kier alpha value is -2.22. The van der Waals surface area contributed by atoms with E-state index in [9.17, 15) is 0 Å². The van der Waals surface area contributed by atoms with Gasteiger partial charge in [0.15, 0.2) is 0 Å². The number of hydrogen-bond donors (Lipinski definition) is 0. The first-order valence-corrected chi connectivity index (χ1v) is 10.4. The highest BCUT2D eigenvalue weighted by molar-refractivity contribution is 5.85. The maximum atomic E-state index is 2.39. The monoisotopic (exact) mass is 376 g/mol. The van der Waals surface area contributed by atoms with Gasteiger partial charge in [0.1, 0.15) is 0 Å². The minimum Gasteiger partial charge on any atom is -0.374 e. The topological polar surface area (TPSA) is 8.17 Å². The van der Waals surface area contributed by atoms with Crippen molar-refractivity contribution in [2.45, 2.75) is 58.8 Å². The number of benzene rings is 2. The van der Waals surface area contributed by atoms with Gasteiger partial charge in [-0.05, 0) is 58.2 Å². The molecule has 0 bridgehead atoms. The zero-order valence-electron chi connectivity index (χ0n) is 18.9. The summed E-state index contributed by atoms with van der Waals surface area (Å²) < 4.78 is 2.26. The lowest BCUT2D eigenvalue weighted by molar-refractivity contribution is 0.590. The fourth-order valence-electron chi connectivity index (χ4n) is 3.77. The molecule has 0 N–H and O–H groups in total. The van der Waals surface area contributed by atoms with E-state index < -0.39 is 0 Å². The van der Waals surface area contributed by atoms with Crippen molar-refractivity contribution in [3.8, 4) is 0 Å². The van der Waals surface area contributed by atoms with Crippen LogP contribution in [0.3, 0.4) is 0 Å². The number of likely N-dealkylation sites (N-methyl/N-ethyl adjacent to an activating group) is 1. The number of nitrogens with zero attached hydrogens (tertiary/aromatic N) is 2. The fourth-order valence-corrected chi connectivity index (χ4v) is 3.77. The molecule has 2 heteroatoms. The molecular formula is C26H36N2. The van der Waals surface area contributed by atoms with Gasteiger partial charge in [-0.25, -0.2) is 0 Å². The van der Waals surface area contributed by atoms with Crippen molar-refractivity contribution in [1.29, 1.82) is 0 Å². The van der Waals surface area contributed by atoms with Crippen LogP contribution >= 0.6 is 0 Å². The summed E-state index contributed by atoms with van der Waals surface area (Å²) >= 11 is 0. The number of aryl methyl sites for hydroxylation is 1. The number of aromatic nitrogens is 1. The van der Waals surface area contributed by atoms with Crippen LogP contribution in [0.2, 0.25) is 0 Å². The van der Waals surface area contributed by atoms with Gasteiger partial charge in [-0.3, -0.25) is 0 Å². The molecule has 28 heavy (non-hydrogen) atoms. The first kappa shape index (κ1) is 20.5. The third-order valence-corrected chi connectivity index (χ3v) is 5.83. The lowest BCUT2D eigenvalue weighted by Crippen LogP contribution is -2.20. The summed E-state index contributed by atoms with van der Waals surface area (Å²) in [6.07, 6.45) is 3.34. The number of hydrogen-bond acceptors (Lipinski definition) is 1. The highest BCUT2D eigenvalue weighted by Crippen LogP contribution is 2.29. The predicted octanol–water partition coefficient (Wildman–Crippen LogP) is 6.45. The fraction of sp³-hybridized carbons (Fsp3) is 0.462. The molecule has 0 radical (unpaired) electrons. The van der Waals surface area contributed by atoms with E-state index in [1.807, 2.05) is 0 Å². The van der Waals surface area contributed by atoms with Crippen LogP contribution in [0.15, 0.2) is 48.7 Å². The Kier molecular flexibility index (Phi) is 5.36. The lowest BCUT2D eigenvalue weighted by Gasteiger charge is -2.23. The average molecular weight is 377 g/mol. The second-order valence-corrected chi connectivity index (χ2v) is 10.2. The zero-order valence-corrected chi connectivity index (χ0v) is 18.9. The van der Waals surface area contributed by atoms with Crippen LogP contribution in [0.1, 0.15) is 58.2 Å². The summed E-state index contributed by atoms with van der Waals surface area (Å²) in [4.78, 5) is 2.36. The van der Waals surface area contributed by atoms with Crippen molar-refractivity contribution in [2.75, 3.05) is 18.5 Å². The van der Waals surface area contributed by atoms with Gasteiger partial charge in [-0.1, -0.05) is 59.7 Å². The van der Waals surface area contributed by atoms with Crippen molar-refractivity contribution in [1.82, 2.24) is 4.57 Å². The van der Waals surface area contributed by atoms with Gasteiger partial charge >= 0.3 is 0 Å². The van der Waals surface area contributed by atoms with E-state index in [1.54, 1.807) is 0 Å². The van der Waals surface area contributed by atoms with E-state index in [1.165, 1.54) is 33.3 Å². The SMILES string of the molecule is CN(CCc1cn(C)c2ccc(C(C)(C)C)cc12)c1ccc(C(C)(C)C)cc1. The maximum Gasteiger partial charge on any atom is 0.0480 e. The summed E-state index contributed by atoms with van der Waals surface area (Å²) in [7, 11) is 4.34. The van der Waals surface area contributed by atoms with Crippen molar-refractivity contribution in [3.05, 3.63) is 65.4 Å². The summed E-state index contributed by atoms with van der Waals surface area (Å²) in [5.41, 5.74) is 7.19. The standard InChI is InChI=1S/C26H36N2/c1-25(2,3)20-9-12-22(13-10-20)27(7)16-15-19-18-28(8)24-14-11-21(17-23(19)24)26(4,5)6/h9-14,17-18H,15-16H2,1-8H3. The molecule has 0 fully saturated rings. The van der Waals surface area contributed by atoms with Crippen LogP contribution in [-0.2, 0) is 24.3 Å². The molecule has 0 aliphatic carbocycles. The van der Waals surface area contributed by atoms with E-state index in [0.29, 0.717) is 0 Å². The van der Waals surface area contributed by atoms with Gasteiger partial charge in [0.05, 0.1) is 0 Å². The van der Waals surface area contributed by atoms with Crippen LogP contribution < -0.4 is 4.90 Å². The molecule has 0 spiro atoms. The van der Waals surface area contributed by atoms with Crippen molar-refractivity contribution in [3.63, 3.8) is 0 Å². The van der Waals surface area contributed by atoms with E-state index in [-0.39, 0.29) is 10.8 Å². The van der Waals surface area contributed by atoms with E-state index in [2.05, 4.69) is 114 Å². The van der Waals surface area contributed by atoms with E-state index in [0.717, 1.165) is 13.0 Å². The molecule has 2 nitrogen and oxygen atoms in total. The van der Waals surface area contributed by atoms with Crippen molar-refractivity contribution in [2.24, 2.45) is 7.05 Å². The van der Waals surface area contributed by atoms with E-state index in [4.69, 9.17) is 0 Å². The molecule has 3 aromatic rings. The van der Waals surface area contributed by atoms with Gasteiger partial charge in [0.2, 0.25) is 0 Å². The quantitative estimate of drug-likeness (QED) is 0.508. The maximum absolute atomic E-state index is 2.39. The van der Waals surface area contributed by atoms with Gasteiger partial charge in [-0.15, -0.1) is 0 Å². The molecule has 0 aliphatic rings. The van der Waals surface area contributed by atoms with Gasteiger partial charge < -0.3 is 9.47 Å². The first-order chi connectivity index (χ1) is 13.0. The largest absolute Gasteiger partial charge is 0.374 e. The summed E-state index contributed by atoms with van der Waals surface area (Å²) in [5, 5.41) is 1.39. The number of fused-ring (bicyclic) bond motifs is 1. The smallest absolute Gasteiger partial charge is 0.0480 e. The molecule has 0 saturated heterocycles. The molecule has 0 saturated carbocycles. The Morgan fingerprint density at radius 1 is 0.821 bits per heavy atom. The molecule has 1 aromatic heterocycles. The van der Waals surface area contributed by atoms with Gasteiger partial charge in [0, 0.05) is 43.4 Å². The Labute approximate surface area is 171 Å². The van der Waals surface area contributed by atoms with E-state index >= 15 is 0 Å². The summed E-state index contributed by atoms with van der Waals surface area (Å²) in [5.74, 6) is 0. The number of rotatable bonds is 4. The lowest BCUT2D eigenvalue weighted by atomic mass is 9.86. The Bertz CT molecular complexity index is 947. The molecule has 150 valence electrons. The molecule has 0 atom stereocenters. The minimum atomic E-state index is 0.174. The highest BCUT2D eigenvalue weighted by Gasteiger charge is 2.17. The minimum absolute atomic E-state index is 0.174. The highest BCUT2D eigenvalue weighted by atomic mass is 15.1. The second-order valence-electron chi connectivity index (χ2n) is 10.2. The zero-order chi connectivity index (χ0) is 20.7. The second kappa shape index (κ2) is 7.31. The Balaban J connectivity index is 1.79. The van der Waals surface area contributed by atoms with Crippen LogP contribution in [0.25, 0.3) is 10.9 Å². The molecule has 1 heterocycles. The van der Waals surface area contributed by atoms with Crippen LogP contribution in [0.5, 0.6) is 0 Å². The van der Waals surface area contributed by atoms with Crippen LogP contribution in [0.4, 0.5) is 5.69 Å². The van der Waals surface area contributed by atoms with Gasteiger partial charge in [0.25, 0.3) is 0 Å². The third kappa shape index (κ3) is 4.27. The number of anilines is 1. The van der Waals surface area contributed by atoms with Gasteiger partial charge in [-0.2, -0.15) is 0 Å². The molecular weight excluding hydrogens is 340 g/mol. The first-order valence-electron chi connectivity index (χ1n) is 10.4. The van der Waals surface area contributed by atoms with Crippen molar-refractivity contribution >= 4 is 16.6 Å². The molecule has 0 amide bonds. The average Bonchev–Trinajstić information content (AvgIpc) is 2.94. The molecule has 2 aromatic carbocycles. The summed E-state index contributed by atoms with van der Waals surface area (Å²) in [6, 6.07) is 16.0. The summed E-state index contributed by atoms with van der Waals surface area (Å²) in [6.45, 7) is 14.6. The molecule has 0 aliphatic heterocycles. The Morgan fingerprint density at radius 2 is 1.39 bits per heavy atom. The normalized spacial score (nSPS) is 12.6. The predicted molar refractivity (Wildman–Crippen MR) is 124 cm³/mol. The van der Waals surface area contributed by atoms with Crippen LogP contribution in [-0.4, -0.2) is 18.2 Å². The van der Waals surface area contributed by atoms with Crippen LogP contribution in [0, 0.1) is 0 Å². The Morgan fingerprint density at radius 3 is 1.96 bits per heavy atom. The molecule has 3 rings (SSSR count). The molecule has 0 unspecified atom stereocenters. The third-order valence-electron chi connectivity index (χ3n) is 5.83. The van der Waals surface area contributed by atoms with Crippen molar-refractivity contribution < 1.29 is 0 Å².